The van der Waals surface area contributed by atoms with Crippen molar-refractivity contribution in [1.82, 2.24) is 9.88 Å². The summed E-state index contributed by atoms with van der Waals surface area (Å²) < 4.78 is 27.1. The van der Waals surface area contributed by atoms with E-state index in [-0.39, 0.29) is 28.3 Å². The van der Waals surface area contributed by atoms with E-state index in [1.807, 2.05) is 13.8 Å². The predicted molar refractivity (Wildman–Crippen MR) is 100.0 cm³/mol. The third kappa shape index (κ3) is 4.04. The molecule has 1 N–H and O–H groups in total. The third-order valence-corrected chi connectivity index (χ3v) is 6.22. The van der Waals surface area contributed by atoms with Crippen LogP contribution in [0.5, 0.6) is 0 Å². The fraction of sp³-hybridized carbons (Fsp3) is 0.368. The summed E-state index contributed by atoms with van der Waals surface area (Å²) in [4.78, 5) is 24.9. The lowest BCUT2D eigenvalue weighted by Crippen LogP contribution is -2.39. The SMILES string of the molecule is CC[C@@H](C)NC(=O)Cn1c(C)cc(C)c(S(=O)(=O)c2ccccc2)c1=O. The number of hydrogen-bond donors (Lipinski definition) is 1. The molecule has 2 aromatic rings. The normalized spacial score (nSPS) is 12.6. The first-order valence-corrected chi connectivity index (χ1v) is 9.97. The molecule has 140 valence electrons. The Labute approximate surface area is 153 Å². The number of nitrogens with zero attached hydrogens (tertiary/aromatic N) is 1. The fourth-order valence-electron chi connectivity index (χ4n) is 2.72. The molecule has 0 spiro atoms. The standard InChI is InChI=1S/C19H24N2O4S/c1-5-14(3)20-17(22)12-21-15(4)11-13(2)18(19(21)23)26(24,25)16-9-7-6-8-10-16/h6-11,14H,5,12H2,1-4H3,(H,20,22)/t14-/m1/s1. The number of carbonyl (C=O) groups is 1. The molecule has 0 aliphatic rings. The summed E-state index contributed by atoms with van der Waals surface area (Å²) in [6.07, 6.45) is 0.765. The first-order chi connectivity index (χ1) is 12.2. The highest BCUT2D eigenvalue weighted by Gasteiger charge is 2.26. The monoisotopic (exact) mass is 376 g/mol. The van der Waals surface area contributed by atoms with E-state index < -0.39 is 15.4 Å². The molecule has 1 heterocycles. The van der Waals surface area contributed by atoms with Gasteiger partial charge in [0.05, 0.1) is 4.90 Å². The van der Waals surface area contributed by atoms with Crippen molar-refractivity contribution in [1.29, 1.82) is 0 Å². The van der Waals surface area contributed by atoms with E-state index in [0.717, 1.165) is 6.42 Å². The zero-order valence-corrected chi connectivity index (χ0v) is 16.3. The number of carbonyl (C=O) groups excluding carboxylic acids is 1. The minimum atomic E-state index is -3.97. The second-order valence-corrected chi connectivity index (χ2v) is 8.27. The van der Waals surface area contributed by atoms with Crippen LogP contribution in [0.1, 0.15) is 31.5 Å². The molecule has 2 rings (SSSR count). The Morgan fingerprint density at radius 2 is 1.81 bits per heavy atom. The van der Waals surface area contributed by atoms with Crippen LogP contribution in [0.4, 0.5) is 0 Å². The summed E-state index contributed by atoms with van der Waals surface area (Å²) >= 11 is 0. The number of sulfone groups is 1. The number of aryl methyl sites for hydroxylation is 2. The van der Waals surface area contributed by atoms with Crippen LogP contribution in [-0.4, -0.2) is 24.9 Å². The molecule has 0 fully saturated rings. The molecule has 0 aliphatic carbocycles. The van der Waals surface area contributed by atoms with Gasteiger partial charge in [0.15, 0.2) is 0 Å². The quantitative estimate of drug-likeness (QED) is 0.838. The highest BCUT2D eigenvalue weighted by Crippen LogP contribution is 2.21. The number of amides is 1. The maximum Gasteiger partial charge on any atom is 0.270 e. The van der Waals surface area contributed by atoms with Crippen LogP contribution in [-0.2, 0) is 21.2 Å². The molecule has 0 aliphatic heterocycles. The lowest BCUT2D eigenvalue weighted by molar-refractivity contribution is -0.122. The number of hydrogen-bond acceptors (Lipinski definition) is 4. The van der Waals surface area contributed by atoms with E-state index in [9.17, 15) is 18.0 Å². The minimum Gasteiger partial charge on any atom is -0.352 e. The summed E-state index contributed by atoms with van der Waals surface area (Å²) in [6.45, 7) is 6.87. The molecule has 1 atom stereocenters. The Balaban J connectivity index is 2.54. The number of benzene rings is 1. The molecule has 0 saturated carbocycles. The highest BCUT2D eigenvalue weighted by molar-refractivity contribution is 7.91. The average Bonchev–Trinajstić information content (AvgIpc) is 2.58. The van der Waals surface area contributed by atoms with Crippen molar-refractivity contribution in [2.24, 2.45) is 0 Å². The zero-order valence-electron chi connectivity index (χ0n) is 15.4. The smallest absolute Gasteiger partial charge is 0.270 e. The van der Waals surface area contributed by atoms with Gasteiger partial charge in [-0.15, -0.1) is 0 Å². The van der Waals surface area contributed by atoms with Crippen molar-refractivity contribution in [3.63, 3.8) is 0 Å². The molecule has 6 nitrogen and oxygen atoms in total. The Hall–Kier alpha value is -2.41. The Kier molecular flexibility index (Phi) is 6.02. The van der Waals surface area contributed by atoms with Gasteiger partial charge in [-0.1, -0.05) is 25.1 Å². The van der Waals surface area contributed by atoms with E-state index in [1.54, 1.807) is 38.1 Å². The van der Waals surface area contributed by atoms with Gasteiger partial charge in [-0.2, -0.15) is 0 Å². The first kappa shape index (κ1) is 19.9. The second-order valence-electron chi connectivity index (χ2n) is 6.38. The van der Waals surface area contributed by atoms with Crippen LogP contribution in [0.15, 0.2) is 51.0 Å². The van der Waals surface area contributed by atoms with Crippen LogP contribution in [0.3, 0.4) is 0 Å². The Morgan fingerprint density at radius 3 is 2.38 bits per heavy atom. The van der Waals surface area contributed by atoms with Gasteiger partial charge in [0.25, 0.3) is 5.56 Å². The largest absolute Gasteiger partial charge is 0.352 e. The van der Waals surface area contributed by atoms with Gasteiger partial charge < -0.3 is 9.88 Å². The number of nitrogens with one attached hydrogen (secondary N) is 1. The van der Waals surface area contributed by atoms with Gasteiger partial charge in [-0.3, -0.25) is 9.59 Å². The van der Waals surface area contributed by atoms with E-state index in [1.165, 1.54) is 16.7 Å². The minimum absolute atomic E-state index is 0.0171. The lowest BCUT2D eigenvalue weighted by atomic mass is 10.2. The van der Waals surface area contributed by atoms with Crippen molar-refractivity contribution in [2.75, 3.05) is 0 Å². The van der Waals surface area contributed by atoms with Gasteiger partial charge in [-0.05, 0) is 51.0 Å². The van der Waals surface area contributed by atoms with Gasteiger partial charge in [-0.25, -0.2) is 8.42 Å². The molecule has 7 heteroatoms. The highest BCUT2D eigenvalue weighted by atomic mass is 32.2. The maximum absolute atomic E-state index is 12.9. The van der Waals surface area contributed by atoms with Gasteiger partial charge in [0.1, 0.15) is 11.4 Å². The third-order valence-electron chi connectivity index (χ3n) is 4.29. The summed E-state index contributed by atoms with van der Waals surface area (Å²) in [5, 5.41) is 2.79. The van der Waals surface area contributed by atoms with E-state index in [4.69, 9.17) is 0 Å². The molecular formula is C19H24N2O4S. The summed E-state index contributed by atoms with van der Waals surface area (Å²) in [7, 11) is -3.97. The summed E-state index contributed by atoms with van der Waals surface area (Å²) in [5.74, 6) is -0.323. The van der Waals surface area contributed by atoms with Gasteiger partial charge in [0, 0.05) is 11.7 Å². The van der Waals surface area contributed by atoms with E-state index in [2.05, 4.69) is 5.32 Å². The number of aromatic nitrogens is 1. The molecule has 26 heavy (non-hydrogen) atoms. The lowest BCUT2D eigenvalue weighted by Gasteiger charge is -2.16. The van der Waals surface area contributed by atoms with E-state index >= 15 is 0 Å². The van der Waals surface area contributed by atoms with Crippen molar-refractivity contribution in [3.8, 4) is 0 Å². The van der Waals surface area contributed by atoms with Gasteiger partial charge >= 0.3 is 0 Å². The fourth-order valence-corrected chi connectivity index (χ4v) is 4.29. The first-order valence-electron chi connectivity index (χ1n) is 8.49. The van der Waals surface area contributed by atoms with Crippen molar-refractivity contribution in [2.45, 2.75) is 56.5 Å². The van der Waals surface area contributed by atoms with Crippen LogP contribution in [0.2, 0.25) is 0 Å². The summed E-state index contributed by atoms with van der Waals surface area (Å²) in [5.41, 5.74) is 0.236. The predicted octanol–water partition coefficient (Wildman–Crippen LogP) is 2.21. The molecule has 1 aromatic heterocycles. The second kappa shape index (κ2) is 7.86. The molecular weight excluding hydrogens is 352 g/mol. The van der Waals surface area contributed by atoms with Crippen molar-refractivity contribution < 1.29 is 13.2 Å². The molecule has 0 unspecified atom stereocenters. The Bertz CT molecular complexity index is 963. The zero-order chi connectivity index (χ0) is 19.5. The van der Waals surface area contributed by atoms with Crippen LogP contribution >= 0.6 is 0 Å². The van der Waals surface area contributed by atoms with Crippen molar-refractivity contribution in [3.05, 3.63) is 58.0 Å². The number of pyridine rings is 1. The van der Waals surface area contributed by atoms with E-state index in [0.29, 0.717) is 11.3 Å². The van der Waals surface area contributed by atoms with Crippen LogP contribution < -0.4 is 10.9 Å². The summed E-state index contributed by atoms with van der Waals surface area (Å²) in [6, 6.07) is 9.42. The molecule has 0 saturated heterocycles. The number of rotatable bonds is 6. The average molecular weight is 376 g/mol. The van der Waals surface area contributed by atoms with Gasteiger partial charge in [0.2, 0.25) is 15.7 Å². The van der Waals surface area contributed by atoms with Crippen LogP contribution in [0, 0.1) is 13.8 Å². The molecule has 0 bridgehead atoms. The molecule has 1 amide bonds. The Morgan fingerprint density at radius 1 is 1.19 bits per heavy atom. The van der Waals surface area contributed by atoms with Crippen molar-refractivity contribution >= 4 is 15.7 Å². The topological polar surface area (TPSA) is 85.2 Å². The van der Waals surface area contributed by atoms with Crippen LogP contribution in [0.25, 0.3) is 0 Å². The maximum atomic E-state index is 12.9. The molecule has 0 radical (unpaired) electrons. The molecule has 1 aromatic carbocycles.